The molecule has 2 aliphatic heterocycles. The van der Waals surface area contributed by atoms with E-state index in [2.05, 4.69) is 0 Å². The summed E-state index contributed by atoms with van der Waals surface area (Å²) in [4.78, 5) is 13.6. The molecule has 1 atom stereocenters. The molecule has 2 N–H and O–H groups in total. The molecule has 0 aromatic heterocycles. The highest BCUT2D eigenvalue weighted by atomic mass is 32.2. The van der Waals surface area contributed by atoms with Crippen molar-refractivity contribution >= 4 is 21.6 Å². The molecule has 3 rings (SSSR count). The summed E-state index contributed by atoms with van der Waals surface area (Å²) in [5.74, 6) is 0.0936. The van der Waals surface area contributed by atoms with Crippen LogP contribution in [0.2, 0.25) is 0 Å². The summed E-state index contributed by atoms with van der Waals surface area (Å²) < 4.78 is 26.4. The second kappa shape index (κ2) is 5.40. The molecule has 0 spiro atoms. The lowest BCUT2D eigenvalue weighted by Crippen LogP contribution is -2.32. The first-order chi connectivity index (χ1) is 9.98. The van der Waals surface area contributed by atoms with Crippen LogP contribution in [-0.2, 0) is 14.8 Å². The Labute approximate surface area is 124 Å². The molecule has 2 aliphatic rings. The summed E-state index contributed by atoms with van der Waals surface area (Å²) in [6.45, 7) is 1.54. The zero-order valence-corrected chi connectivity index (χ0v) is 12.6. The van der Waals surface area contributed by atoms with E-state index in [-0.39, 0.29) is 16.8 Å². The van der Waals surface area contributed by atoms with Crippen molar-refractivity contribution in [3.63, 3.8) is 0 Å². The number of amides is 1. The predicted octanol–water partition coefficient (Wildman–Crippen LogP) is 0.535. The Bertz CT molecular complexity index is 642. The maximum absolute atomic E-state index is 12.5. The van der Waals surface area contributed by atoms with Gasteiger partial charge in [-0.25, -0.2) is 8.42 Å². The van der Waals surface area contributed by atoms with Crippen molar-refractivity contribution < 1.29 is 13.2 Å². The molecule has 1 unspecified atom stereocenters. The second-order valence-electron chi connectivity index (χ2n) is 5.55. The summed E-state index contributed by atoms with van der Waals surface area (Å²) in [6.07, 6.45) is 2.11. The van der Waals surface area contributed by atoms with Gasteiger partial charge in [0.15, 0.2) is 0 Å². The monoisotopic (exact) mass is 309 g/mol. The standard InChI is InChI=1S/C14H19N3O3S/c15-11-7-9-16(10-11)21(19,20)13-5-3-12(4-6-13)17-8-1-2-14(17)18/h3-6,11H,1-2,7-10,15H2. The fourth-order valence-electron chi connectivity index (χ4n) is 2.84. The third-order valence-corrected chi connectivity index (χ3v) is 5.93. The molecule has 0 radical (unpaired) electrons. The summed E-state index contributed by atoms with van der Waals surface area (Å²) >= 11 is 0. The van der Waals surface area contributed by atoms with Crippen LogP contribution in [0.1, 0.15) is 19.3 Å². The molecule has 2 heterocycles. The van der Waals surface area contributed by atoms with E-state index >= 15 is 0 Å². The van der Waals surface area contributed by atoms with Gasteiger partial charge < -0.3 is 10.6 Å². The highest BCUT2D eigenvalue weighted by Crippen LogP contribution is 2.25. The lowest BCUT2D eigenvalue weighted by molar-refractivity contribution is -0.117. The number of benzene rings is 1. The maximum Gasteiger partial charge on any atom is 0.243 e. The van der Waals surface area contributed by atoms with Crippen LogP contribution in [-0.4, -0.2) is 44.3 Å². The minimum Gasteiger partial charge on any atom is -0.326 e. The van der Waals surface area contributed by atoms with Gasteiger partial charge in [-0.1, -0.05) is 0 Å². The molecule has 1 aromatic rings. The highest BCUT2D eigenvalue weighted by Gasteiger charge is 2.31. The van der Waals surface area contributed by atoms with E-state index in [1.165, 1.54) is 4.31 Å². The Morgan fingerprint density at radius 3 is 2.38 bits per heavy atom. The van der Waals surface area contributed by atoms with Crippen molar-refractivity contribution in [2.24, 2.45) is 5.73 Å². The fraction of sp³-hybridized carbons (Fsp3) is 0.500. The Hall–Kier alpha value is -1.44. The minimum absolute atomic E-state index is 0.0822. The lowest BCUT2D eigenvalue weighted by Gasteiger charge is -2.18. The normalized spacial score (nSPS) is 24.0. The van der Waals surface area contributed by atoms with Crippen LogP contribution in [0.15, 0.2) is 29.2 Å². The molecule has 21 heavy (non-hydrogen) atoms. The van der Waals surface area contributed by atoms with Gasteiger partial charge in [-0.05, 0) is 37.1 Å². The third-order valence-electron chi connectivity index (χ3n) is 4.05. The first-order valence-corrected chi connectivity index (χ1v) is 8.58. The van der Waals surface area contributed by atoms with Crippen LogP contribution >= 0.6 is 0 Å². The smallest absolute Gasteiger partial charge is 0.243 e. The highest BCUT2D eigenvalue weighted by molar-refractivity contribution is 7.89. The average Bonchev–Trinajstić information content (AvgIpc) is 3.08. The van der Waals surface area contributed by atoms with E-state index in [0.717, 1.165) is 12.1 Å². The van der Waals surface area contributed by atoms with Crippen LogP contribution in [0.4, 0.5) is 5.69 Å². The molecule has 6 nitrogen and oxygen atoms in total. The van der Waals surface area contributed by atoms with Gasteiger partial charge in [0.05, 0.1) is 4.90 Å². The van der Waals surface area contributed by atoms with Crippen molar-refractivity contribution in [2.75, 3.05) is 24.5 Å². The number of rotatable bonds is 3. The van der Waals surface area contributed by atoms with Crippen molar-refractivity contribution in [1.29, 1.82) is 0 Å². The van der Waals surface area contributed by atoms with E-state index in [0.29, 0.717) is 32.5 Å². The number of hydrogen-bond donors (Lipinski definition) is 1. The van der Waals surface area contributed by atoms with E-state index in [4.69, 9.17) is 5.73 Å². The SMILES string of the molecule is NC1CCN(S(=O)(=O)c2ccc(N3CCCC3=O)cc2)C1. The number of carbonyl (C=O) groups is 1. The first-order valence-electron chi connectivity index (χ1n) is 7.14. The Kier molecular flexibility index (Phi) is 3.73. The number of nitrogens with zero attached hydrogens (tertiary/aromatic N) is 2. The number of nitrogens with two attached hydrogens (primary N) is 1. The summed E-state index contributed by atoms with van der Waals surface area (Å²) in [6, 6.07) is 6.46. The molecule has 2 fully saturated rings. The van der Waals surface area contributed by atoms with E-state index in [1.807, 2.05) is 0 Å². The van der Waals surface area contributed by atoms with Crippen LogP contribution < -0.4 is 10.6 Å². The fourth-order valence-corrected chi connectivity index (χ4v) is 4.35. The van der Waals surface area contributed by atoms with Gasteiger partial charge in [-0.3, -0.25) is 4.79 Å². The molecule has 0 aliphatic carbocycles. The average molecular weight is 309 g/mol. The van der Waals surface area contributed by atoms with E-state index < -0.39 is 10.0 Å². The zero-order chi connectivity index (χ0) is 15.0. The van der Waals surface area contributed by atoms with E-state index in [9.17, 15) is 13.2 Å². The van der Waals surface area contributed by atoms with Gasteiger partial charge in [0.1, 0.15) is 0 Å². The van der Waals surface area contributed by atoms with Crippen molar-refractivity contribution in [3.8, 4) is 0 Å². The summed E-state index contributed by atoms with van der Waals surface area (Å²) in [5, 5.41) is 0. The molecule has 1 aromatic carbocycles. The van der Waals surface area contributed by atoms with Crippen molar-refractivity contribution in [1.82, 2.24) is 4.31 Å². The van der Waals surface area contributed by atoms with Gasteiger partial charge in [0.2, 0.25) is 15.9 Å². The van der Waals surface area contributed by atoms with Crippen molar-refractivity contribution in [2.45, 2.75) is 30.2 Å². The minimum atomic E-state index is -3.48. The van der Waals surface area contributed by atoms with Gasteiger partial charge in [-0.2, -0.15) is 4.31 Å². The molecule has 1 amide bonds. The third kappa shape index (κ3) is 2.68. The van der Waals surface area contributed by atoms with Crippen LogP contribution in [0.5, 0.6) is 0 Å². The Morgan fingerprint density at radius 2 is 1.86 bits per heavy atom. The molecular weight excluding hydrogens is 290 g/mol. The molecule has 0 saturated carbocycles. The topological polar surface area (TPSA) is 83.7 Å². The second-order valence-corrected chi connectivity index (χ2v) is 7.49. The van der Waals surface area contributed by atoms with Gasteiger partial charge in [0, 0.05) is 37.8 Å². The van der Waals surface area contributed by atoms with Crippen molar-refractivity contribution in [3.05, 3.63) is 24.3 Å². The summed E-state index contributed by atoms with van der Waals surface area (Å²) in [7, 11) is -3.48. The molecule has 0 bridgehead atoms. The number of sulfonamides is 1. The maximum atomic E-state index is 12.5. The van der Waals surface area contributed by atoms with Crippen LogP contribution in [0.3, 0.4) is 0 Å². The lowest BCUT2D eigenvalue weighted by atomic mass is 10.3. The number of anilines is 1. The Balaban J connectivity index is 1.82. The Morgan fingerprint density at radius 1 is 1.14 bits per heavy atom. The molecule has 7 heteroatoms. The zero-order valence-electron chi connectivity index (χ0n) is 11.7. The predicted molar refractivity (Wildman–Crippen MR) is 79.4 cm³/mol. The van der Waals surface area contributed by atoms with Gasteiger partial charge in [0.25, 0.3) is 0 Å². The number of hydrogen-bond acceptors (Lipinski definition) is 4. The van der Waals surface area contributed by atoms with Gasteiger partial charge >= 0.3 is 0 Å². The quantitative estimate of drug-likeness (QED) is 0.883. The van der Waals surface area contributed by atoms with Crippen LogP contribution in [0.25, 0.3) is 0 Å². The summed E-state index contributed by atoms with van der Waals surface area (Å²) in [5.41, 5.74) is 6.53. The largest absolute Gasteiger partial charge is 0.326 e. The molecule has 114 valence electrons. The van der Waals surface area contributed by atoms with E-state index in [1.54, 1.807) is 29.2 Å². The van der Waals surface area contributed by atoms with Gasteiger partial charge in [-0.15, -0.1) is 0 Å². The van der Waals surface area contributed by atoms with Crippen LogP contribution in [0, 0.1) is 0 Å². The first kappa shape index (κ1) is 14.5. The molecule has 2 saturated heterocycles. The number of carbonyl (C=O) groups excluding carboxylic acids is 1. The molecular formula is C14H19N3O3S.